The Morgan fingerprint density at radius 1 is 1.12 bits per heavy atom. The molecule has 0 aliphatic heterocycles. The van der Waals surface area contributed by atoms with E-state index in [9.17, 15) is 22.8 Å². The van der Waals surface area contributed by atoms with Gasteiger partial charge in [-0.05, 0) is 44.2 Å². The number of alkyl halides is 3. The van der Waals surface area contributed by atoms with Crippen molar-refractivity contribution < 1.29 is 22.8 Å². The van der Waals surface area contributed by atoms with E-state index in [1.165, 1.54) is 30.5 Å². The Kier molecular flexibility index (Phi) is 5.97. The van der Waals surface area contributed by atoms with Gasteiger partial charge in [0.05, 0.1) is 5.56 Å². The quantitative estimate of drug-likeness (QED) is 0.876. The number of hydrogen-bond acceptors (Lipinski definition) is 3. The van der Waals surface area contributed by atoms with E-state index < -0.39 is 17.6 Å². The van der Waals surface area contributed by atoms with E-state index in [4.69, 9.17) is 0 Å². The minimum absolute atomic E-state index is 0.00732. The lowest BCUT2D eigenvalue weighted by atomic mass is 10.1. The first kappa shape index (κ1) is 19.4. The van der Waals surface area contributed by atoms with Crippen molar-refractivity contribution in [1.29, 1.82) is 0 Å². The molecular formula is C18H18F3N3O2. The monoisotopic (exact) mass is 365 g/mol. The normalized spacial score (nSPS) is 11.1. The summed E-state index contributed by atoms with van der Waals surface area (Å²) in [6.07, 6.45) is -3.19. The highest BCUT2D eigenvalue weighted by molar-refractivity contribution is 6.04. The van der Waals surface area contributed by atoms with Crippen molar-refractivity contribution in [2.75, 3.05) is 18.4 Å². The maximum atomic E-state index is 12.7. The van der Waals surface area contributed by atoms with Gasteiger partial charge in [0.25, 0.3) is 11.8 Å². The highest BCUT2D eigenvalue weighted by atomic mass is 19.4. The zero-order valence-corrected chi connectivity index (χ0v) is 14.3. The highest BCUT2D eigenvalue weighted by Crippen LogP contribution is 2.30. The Bertz CT molecular complexity index is 802. The summed E-state index contributed by atoms with van der Waals surface area (Å²) in [6.45, 7) is 4.71. The van der Waals surface area contributed by atoms with Crippen LogP contribution in [0.2, 0.25) is 0 Å². The lowest BCUT2D eigenvalue weighted by molar-refractivity contribution is -0.137. The molecule has 0 unspecified atom stereocenters. The fourth-order valence-electron chi connectivity index (χ4n) is 2.35. The average Bonchev–Trinajstić information content (AvgIpc) is 2.62. The highest BCUT2D eigenvalue weighted by Gasteiger charge is 2.30. The van der Waals surface area contributed by atoms with Crippen LogP contribution in [0.15, 0.2) is 42.6 Å². The van der Waals surface area contributed by atoms with E-state index in [1.54, 1.807) is 4.90 Å². The van der Waals surface area contributed by atoms with Crippen LogP contribution in [0.1, 0.15) is 40.3 Å². The standard InChI is InChI=1S/C18H18F3N3O2/c1-3-24(4-2)17(26)12-8-9-22-15(10-12)16(25)23-14-7-5-6-13(11-14)18(19,20)21/h5-11H,3-4H2,1-2H3,(H,23,25). The van der Waals surface area contributed by atoms with E-state index in [0.29, 0.717) is 13.1 Å². The molecule has 2 amide bonds. The number of carbonyl (C=O) groups excluding carboxylic acids is 2. The molecule has 1 aromatic heterocycles. The smallest absolute Gasteiger partial charge is 0.339 e. The Morgan fingerprint density at radius 2 is 1.81 bits per heavy atom. The summed E-state index contributed by atoms with van der Waals surface area (Å²) < 4.78 is 38.2. The van der Waals surface area contributed by atoms with Gasteiger partial charge in [-0.25, -0.2) is 0 Å². The first-order chi connectivity index (χ1) is 12.3. The summed E-state index contributed by atoms with van der Waals surface area (Å²) in [5.41, 5.74) is -0.640. The molecule has 138 valence electrons. The summed E-state index contributed by atoms with van der Waals surface area (Å²) >= 11 is 0. The molecule has 0 radical (unpaired) electrons. The molecule has 1 heterocycles. The second-order valence-electron chi connectivity index (χ2n) is 5.44. The number of amides is 2. The first-order valence-electron chi connectivity index (χ1n) is 8.00. The molecule has 1 aromatic carbocycles. The number of nitrogens with one attached hydrogen (secondary N) is 1. The Hall–Kier alpha value is -2.90. The maximum absolute atomic E-state index is 12.7. The largest absolute Gasteiger partial charge is 0.416 e. The van der Waals surface area contributed by atoms with E-state index in [2.05, 4.69) is 10.3 Å². The fourth-order valence-corrected chi connectivity index (χ4v) is 2.35. The number of aromatic nitrogens is 1. The molecule has 2 aromatic rings. The van der Waals surface area contributed by atoms with Crippen LogP contribution in [-0.2, 0) is 6.18 Å². The molecular weight excluding hydrogens is 347 g/mol. The number of benzene rings is 1. The molecule has 0 atom stereocenters. The first-order valence-corrected chi connectivity index (χ1v) is 8.00. The number of hydrogen-bond donors (Lipinski definition) is 1. The van der Waals surface area contributed by atoms with Crippen molar-refractivity contribution in [1.82, 2.24) is 9.88 Å². The molecule has 0 aliphatic carbocycles. The predicted molar refractivity (Wildman–Crippen MR) is 90.9 cm³/mol. The summed E-state index contributed by atoms with van der Waals surface area (Å²) in [5, 5.41) is 2.37. The van der Waals surface area contributed by atoms with Gasteiger partial charge in [-0.1, -0.05) is 6.07 Å². The van der Waals surface area contributed by atoms with Crippen molar-refractivity contribution in [3.8, 4) is 0 Å². The molecule has 5 nitrogen and oxygen atoms in total. The lowest BCUT2D eigenvalue weighted by Crippen LogP contribution is -2.30. The van der Waals surface area contributed by atoms with Crippen molar-refractivity contribution in [2.24, 2.45) is 0 Å². The zero-order valence-electron chi connectivity index (χ0n) is 14.3. The predicted octanol–water partition coefficient (Wildman–Crippen LogP) is 3.83. The average molecular weight is 365 g/mol. The third kappa shape index (κ3) is 4.59. The van der Waals surface area contributed by atoms with E-state index in [-0.39, 0.29) is 22.9 Å². The molecule has 0 saturated heterocycles. The molecule has 26 heavy (non-hydrogen) atoms. The van der Waals surface area contributed by atoms with Crippen LogP contribution < -0.4 is 5.32 Å². The number of anilines is 1. The van der Waals surface area contributed by atoms with Crippen molar-refractivity contribution >= 4 is 17.5 Å². The number of pyridine rings is 1. The molecule has 1 N–H and O–H groups in total. The van der Waals surface area contributed by atoms with Crippen LogP contribution in [-0.4, -0.2) is 34.8 Å². The van der Waals surface area contributed by atoms with Crippen LogP contribution >= 0.6 is 0 Å². The Balaban J connectivity index is 2.21. The molecule has 2 rings (SSSR count). The third-order valence-electron chi connectivity index (χ3n) is 3.74. The van der Waals surface area contributed by atoms with Crippen molar-refractivity contribution in [3.63, 3.8) is 0 Å². The van der Waals surface area contributed by atoms with Crippen LogP contribution in [0.5, 0.6) is 0 Å². The lowest BCUT2D eigenvalue weighted by Gasteiger charge is -2.18. The molecule has 0 saturated carbocycles. The van der Waals surface area contributed by atoms with Gasteiger partial charge in [0.1, 0.15) is 5.69 Å². The van der Waals surface area contributed by atoms with Crippen molar-refractivity contribution in [2.45, 2.75) is 20.0 Å². The summed E-state index contributed by atoms with van der Waals surface area (Å²) in [5.74, 6) is -0.941. The van der Waals surface area contributed by atoms with Gasteiger partial charge >= 0.3 is 6.18 Å². The number of halogens is 3. The summed E-state index contributed by atoms with van der Waals surface area (Å²) in [6, 6.07) is 7.11. The minimum Gasteiger partial charge on any atom is -0.339 e. The summed E-state index contributed by atoms with van der Waals surface area (Å²) in [4.78, 5) is 30.1. The van der Waals surface area contributed by atoms with Crippen molar-refractivity contribution in [3.05, 3.63) is 59.4 Å². The van der Waals surface area contributed by atoms with E-state index in [0.717, 1.165) is 12.1 Å². The molecule has 8 heteroatoms. The van der Waals surface area contributed by atoms with Gasteiger partial charge in [-0.2, -0.15) is 13.2 Å². The number of nitrogens with zero attached hydrogens (tertiary/aromatic N) is 2. The molecule has 0 aliphatic rings. The number of carbonyl (C=O) groups is 2. The Labute approximate surface area is 148 Å². The third-order valence-corrected chi connectivity index (χ3v) is 3.74. The van der Waals surface area contributed by atoms with E-state index in [1.807, 2.05) is 13.8 Å². The second-order valence-corrected chi connectivity index (χ2v) is 5.44. The van der Waals surface area contributed by atoms with Gasteiger partial charge in [0.15, 0.2) is 0 Å². The number of rotatable bonds is 5. The topological polar surface area (TPSA) is 62.3 Å². The molecule has 0 bridgehead atoms. The SMILES string of the molecule is CCN(CC)C(=O)c1ccnc(C(=O)Nc2cccc(C(F)(F)F)c2)c1. The van der Waals surface area contributed by atoms with Gasteiger partial charge in [-0.15, -0.1) is 0 Å². The van der Waals surface area contributed by atoms with Gasteiger partial charge in [0.2, 0.25) is 0 Å². The van der Waals surface area contributed by atoms with Crippen LogP contribution in [0, 0.1) is 0 Å². The van der Waals surface area contributed by atoms with Crippen LogP contribution in [0.4, 0.5) is 18.9 Å². The Morgan fingerprint density at radius 3 is 2.42 bits per heavy atom. The van der Waals surface area contributed by atoms with Crippen LogP contribution in [0.3, 0.4) is 0 Å². The van der Waals surface area contributed by atoms with E-state index >= 15 is 0 Å². The summed E-state index contributed by atoms with van der Waals surface area (Å²) in [7, 11) is 0. The molecule has 0 fully saturated rings. The fraction of sp³-hybridized carbons (Fsp3) is 0.278. The minimum atomic E-state index is -4.50. The molecule has 0 spiro atoms. The maximum Gasteiger partial charge on any atom is 0.416 e. The zero-order chi connectivity index (χ0) is 19.3. The second kappa shape index (κ2) is 7.99. The van der Waals surface area contributed by atoms with Crippen LogP contribution in [0.25, 0.3) is 0 Å². The van der Waals surface area contributed by atoms with Gasteiger partial charge in [-0.3, -0.25) is 14.6 Å². The van der Waals surface area contributed by atoms with Gasteiger partial charge in [0, 0.05) is 30.5 Å². The van der Waals surface area contributed by atoms with Gasteiger partial charge < -0.3 is 10.2 Å².